The molecule has 132 valence electrons. The fraction of sp³-hybridized carbons (Fsp3) is 0.192. The molecule has 0 aliphatic heterocycles. The number of rotatable bonds is 1. The topological polar surface area (TPSA) is 12.9 Å². The van der Waals surface area contributed by atoms with Crippen LogP contribution in [0.25, 0.3) is 33.2 Å². The summed E-state index contributed by atoms with van der Waals surface area (Å²) in [7, 11) is 0. The molecule has 0 bridgehead atoms. The number of hydrogen-bond donors (Lipinski definition) is 0. The molecule has 1 aromatic heterocycles. The highest BCUT2D eigenvalue weighted by atomic mass is 14.7. The van der Waals surface area contributed by atoms with Gasteiger partial charge in [0.15, 0.2) is 0 Å². The molecule has 0 unspecified atom stereocenters. The van der Waals surface area contributed by atoms with Crippen LogP contribution in [0.1, 0.15) is 36.1 Å². The Bertz CT molecular complexity index is 1210. The van der Waals surface area contributed by atoms with Gasteiger partial charge < -0.3 is 0 Å². The molecule has 0 amide bonds. The van der Waals surface area contributed by atoms with E-state index in [1.807, 2.05) is 6.20 Å². The molecule has 1 aliphatic carbocycles. The summed E-state index contributed by atoms with van der Waals surface area (Å²) >= 11 is 0. The average molecular weight is 349 g/mol. The van der Waals surface area contributed by atoms with Crippen molar-refractivity contribution in [3.05, 3.63) is 89.1 Å². The number of aromatic nitrogens is 1. The van der Waals surface area contributed by atoms with Crippen LogP contribution in [0.15, 0.2) is 66.9 Å². The fourth-order valence-electron chi connectivity index (χ4n) is 4.56. The van der Waals surface area contributed by atoms with Crippen LogP contribution in [-0.2, 0) is 5.41 Å². The predicted molar refractivity (Wildman–Crippen MR) is 114 cm³/mol. The summed E-state index contributed by atoms with van der Waals surface area (Å²) in [4.78, 5) is 4.68. The lowest BCUT2D eigenvalue weighted by molar-refractivity contribution is 0.666. The maximum atomic E-state index is 4.68. The van der Waals surface area contributed by atoms with E-state index in [-0.39, 0.29) is 5.41 Å². The minimum Gasteiger partial charge on any atom is -0.256 e. The molecule has 5 rings (SSSR count). The van der Waals surface area contributed by atoms with Crippen LogP contribution in [0.2, 0.25) is 0 Å². The van der Waals surface area contributed by atoms with Crippen molar-refractivity contribution < 1.29 is 0 Å². The van der Waals surface area contributed by atoms with E-state index in [9.17, 15) is 0 Å². The Hall–Kier alpha value is -2.93. The normalized spacial score (nSPS) is 14.2. The van der Waals surface area contributed by atoms with Crippen molar-refractivity contribution in [2.45, 2.75) is 33.1 Å². The number of hydrogen-bond acceptors (Lipinski definition) is 1. The fourth-order valence-corrected chi connectivity index (χ4v) is 4.56. The van der Waals surface area contributed by atoms with E-state index in [4.69, 9.17) is 0 Å². The lowest BCUT2D eigenvalue weighted by Crippen LogP contribution is -2.15. The first kappa shape index (κ1) is 16.3. The van der Waals surface area contributed by atoms with Crippen molar-refractivity contribution in [1.29, 1.82) is 0 Å². The molecule has 1 nitrogen and oxygen atoms in total. The third kappa shape index (κ3) is 2.28. The van der Waals surface area contributed by atoms with Gasteiger partial charge in [-0.1, -0.05) is 62.4 Å². The van der Waals surface area contributed by atoms with Crippen molar-refractivity contribution in [2.75, 3.05) is 0 Å². The molecular weight excluding hydrogens is 326 g/mol. The van der Waals surface area contributed by atoms with Gasteiger partial charge in [-0.3, -0.25) is 4.98 Å². The molecule has 0 spiro atoms. The van der Waals surface area contributed by atoms with E-state index in [0.717, 1.165) is 5.69 Å². The van der Waals surface area contributed by atoms with Crippen molar-refractivity contribution in [3.63, 3.8) is 0 Å². The molecule has 1 heteroatoms. The summed E-state index contributed by atoms with van der Waals surface area (Å²) in [5, 5.41) is 2.68. The third-order valence-electron chi connectivity index (χ3n) is 6.21. The Labute approximate surface area is 160 Å². The molecule has 0 N–H and O–H groups in total. The maximum absolute atomic E-state index is 4.68. The van der Waals surface area contributed by atoms with Crippen molar-refractivity contribution in [1.82, 2.24) is 4.98 Å². The van der Waals surface area contributed by atoms with E-state index >= 15 is 0 Å². The molecule has 4 aromatic rings. The van der Waals surface area contributed by atoms with Gasteiger partial charge in [0.1, 0.15) is 0 Å². The van der Waals surface area contributed by atoms with Gasteiger partial charge in [-0.25, -0.2) is 0 Å². The summed E-state index contributed by atoms with van der Waals surface area (Å²) < 4.78 is 0. The summed E-state index contributed by atoms with van der Waals surface area (Å²) in [6.45, 7) is 8.95. The zero-order valence-corrected chi connectivity index (χ0v) is 16.3. The van der Waals surface area contributed by atoms with Crippen molar-refractivity contribution >= 4 is 10.8 Å². The van der Waals surface area contributed by atoms with E-state index in [0.29, 0.717) is 0 Å². The molecule has 0 saturated heterocycles. The Morgan fingerprint density at radius 1 is 0.778 bits per heavy atom. The van der Waals surface area contributed by atoms with Gasteiger partial charge in [0.05, 0.1) is 5.69 Å². The maximum Gasteiger partial charge on any atom is 0.0705 e. The first-order chi connectivity index (χ1) is 13.0. The summed E-state index contributed by atoms with van der Waals surface area (Å²) in [6.07, 6.45) is 1.98. The van der Waals surface area contributed by atoms with E-state index in [2.05, 4.69) is 93.3 Å². The van der Waals surface area contributed by atoms with Gasteiger partial charge in [0.25, 0.3) is 0 Å². The molecule has 3 aromatic carbocycles. The predicted octanol–water partition coefficient (Wildman–Crippen LogP) is 6.82. The smallest absolute Gasteiger partial charge is 0.0705 e. The minimum absolute atomic E-state index is 0.000676. The van der Waals surface area contributed by atoms with Gasteiger partial charge in [-0.05, 0) is 70.1 Å². The van der Waals surface area contributed by atoms with Crippen LogP contribution in [0.4, 0.5) is 0 Å². The molecule has 0 atom stereocenters. The number of aryl methyl sites for hydroxylation is 2. The Balaban J connectivity index is 1.77. The van der Waals surface area contributed by atoms with Crippen molar-refractivity contribution in [2.24, 2.45) is 0 Å². The molecule has 1 heterocycles. The van der Waals surface area contributed by atoms with E-state index in [1.54, 1.807) is 0 Å². The highest BCUT2D eigenvalue weighted by Crippen LogP contribution is 2.51. The standard InChI is InChI=1S/C26H23N/c1-16-13-24(27-15-17(16)2)19-10-12-23-22(14-19)21-11-9-18-7-5-6-8-20(18)25(21)26(23,3)4/h5-15H,1-4H3. The molecule has 0 fully saturated rings. The van der Waals surface area contributed by atoms with Crippen LogP contribution in [0.3, 0.4) is 0 Å². The van der Waals surface area contributed by atoms with E-state index < -0.39 is 0 Å². The van der Waals surface area contributed by atoms with Gasteiger partial charge in [-0.2, -0.15) is 0 Å². The molecular formula is C26H23N. The van der Waals surface area contributed by atoms with Gasteiger partial charge in [-0.15, -0.1) is 0 Å². The molecule has 0 radical (unpaired) electrons. The van der Waals surface area contributed by atoms with Gasteiger partial charge in [0.2, 0.25) is 0 Å². The lowest BCUT2D eigenvalue weighted by atomic mass is 9.80. The molecule has 0 saturated carbocycles. The Morgan fingerprint density at radius 2 is 1.59 bits per heavy atom. The third-order valence-corrected chi connectivity index (χ3v) is 6.21. The molecule has 1 aliphatic rings. The van der Waals surface area contributed by atoms with Crippen LogP contribution >= 0.6 is 0 Å². The van der Waals surface area contributed by atoms with Crippen LogP contribution < -0.4 is 0 Å². The number of nitrogens with zero attached hydrogens (tertiary/aromatic N) is 1. The minimum atomic E-state index is 0.000676. The van der Waals surface area contributed by atoms with E-state index in [1.165, 1.54) is 49.7 Å². The lowest BCUT2D eigenvalue weighted by Gasteiger charge is -2.23. The number of pyridine rings is 1. The average Bonchev–Trinajstić information content (AvgIpc) is 2.91. The summed E-state index contributed by atoms with van der Waals surface area (Å²) in [5.41, 5.74) is 10.3. The zero-order chi connectivity index (χ0) is 18.8. The van der Waals surface area contributed by atoms with Crippen molar-refractivity contribution in [3.8, 4) is 22.4 Å². The van der Waals surface area contributed by atoms with Crippen LogP contribution in [-0.4, -0.2) is 4.98 Å². The highest BCUT2D eigenvalue weighted by Gasteiger charge is 2.36. The SMILES string of the molecule is Cc1cnc(-c2ccc3c(c2)-c2ccc4ccccc4c2C3(C)C)cc1C. The van der Waals surface area contributed by atoms with Crippen LogP contribution in [0.5, 0.6) is 0 Å². The second-order valence-corrected chi connectivity index (χ2v) is 8.25. The number of benzene rings is 3. The summed E-state index contributed by atoms with van der Waals surface area (Å²) in [6, 6.07) is 22.3. The molecule has 27 heavy (non-hydrogen) atoms. The highest BCUT2D eigenvalue weighted by molar-refractivity contribution is 5.98. The first-order valence-electron chi connectivity index (χ1n) is 9.57. The zero-order valence-electron chi connectivity index (χ0n) is 16.3. The quantitative estimate of drug-likeness (QED) is 0.367. The monoisotopic (exact) mass is 349 g/mol. The van der Waals surface area contributed by atoms with Gasteiger partial charge in [0, 0.05) is 17.2 Å². The van der Waals surface area contributed by atoms with Gasteiger partial charge >= 0.3 is 0 Å². The Morgan fingerprint density at radius 3 is 2.41 bits per heavy atom. The van der Waals surface area contributed by atoms with Crippen LogP contribution in [0, 0.1) is 13.8 Å². The summed E-state index contributed by atoms with van der Waals surface area (Å²) in [5.74, 6) is 0. The Kier molecular flexibility index (Phi) is 3.33. The largest absolute Gasteiger partial charge is 0.256 e. The number of fused-ring (bicyclic) bond motifs is 5. The second kappa shape index (κ2) is 5.53. The second-order valence-electron chi connectivity index (χ2n) is 8.25. The first-order valence-corrected chi connectivity index (χ1v) is 9.57.